The molecule has 0 spiro atoms. The number of ether oxygens (including phenoxy) is 1. The van der Waals surface area contributed by atoms with Crippen LogP contribution in [-0.2, 0) is 4.74 Å². The molecule has 0 radical (unpaired) electrons. The molecule has 0 saturated heterocycles. The third-order valence-electron chi connectivity index (χ3n) is 3.96. The lowest BCUT2D eigenvalue weighted by atomic mass is 9.96. The second-order valence-corrected chi connectivity index (χ2v) is 5.34. The summed E-state index contributed by atoms with van der Waals surface area (Å²) in [7, 11) is 1.77. The van der Waals surface area contributed by atoms with Gasteiger partial charge in [-0.05, 0) is 50.3 Å². The van der Waals surface area contributed by atoms with Crippen molar-refractivity contribution in [1.82, 2.24) is 4.90 Å². The predicted molar refractivity (Wildman–Crippen MR) is 77.7 cm³/mol. The summed E-state index contributed by atoms with van der Waals surface area (Å²) in [6, 6.07) is 0. The summed E-state index contributed by atoms with van der Waals surface area (Å²) in [5.74, 6) is 0.833. The van der Waals surface area contributed by atoms with Gasteiger partial charge in [-0.25, -0.2) is 0 Å². The van der Waals surface area contributed by atoms with Crippen LogP contribution in [0.4, 0.5) is 0 Å². The summed E-state index contributed by atoms with van der Waals surface area (Å²) in [5.41, 5.74) is 7.09. The maximum Gasteiger partial charge on any atom is 0.0673 e. The van der Waals surface area contributed by atoms with Gasteiger partial charge < -0.3 is 10.5 Å². The predicted octanol–water partition coefficient (Wildman–Crippen LogP) is 2.42. The zero-order valence-electron chi connectivity index (χ0n) is 12.2. The summed E-state index contributed by atoms with van der Waals surface area (Å²) >= 11 is 0. The molecule has 1 aliphatic heterocycles. The summed E-state index contributed by atoms with van der Waals surface area (Å²) < 4.78 is 5.17. The van der Waals surface area contributed by atoms with Gasteiger partial charge in [0.05, 0.1) is 6.61 Å². The molecule has 1 rings (SSSR count). The fraction of sp³-hybridized carbons (Fsp3) is 0.867. The van der Waals surface area contributed by atoms with Crippen LogP contribution in [0, 0.1) is 5.92 Å². The van der Waals surface area contributed by atoms with Gasteiger partial charge in [0, 0.05) is 20.2 Å². The Bertz CT molecular complexity index is 241. The minimum atomic E-state index is 0.808. The fourth-order valence-electron chi connectivity index (χ4n) is 2.66. The number of nitrogens with zero attached hydrogens (tertiary/aromatic N) is 1. The van der Waals surface area contributed by atoms with Crippen molar-refractivity contribution in [1.29, 1.82) is 0 Å². The topological polar surface area (TPSA) is 38.5 Å². The molecule has 1 aliphatic rings. The van der Waals surface area contributed by atoms with Crippen LogP contribution in [-0.4, -0.2) is 44.8 Å². The highest BCUT2D eigenvalue weighted by atomic mass is 16.5. The molecule has 18 heavy (non-hydrogen) atoms. The van der Waals surface area contributed by atoms with Gasteiger partial charge in [0.15, 0.2) is 0 Å². The van der Waals surface area contributed by atoms with E-state index in [4.69, 9.17) is 10.5 Å². The molecule has 0 aromatic rings. The van der Waals surface area contributed by atoms with Gasteiger partial charge in [-0.2, -0.15) is 0 Å². The van der Waals surface area contributed by atoms with E-state index in [9.17, 15) is 0 Å². The molecule has 1 unspecified atom stereocenters. The lowest BCUT2D eigenvalue weighted by Gasteiger charge is -2.26. The van der Waals surface area contributed by atoms with Crippen LogP contribution in [0.15, 0.2) is 11.6 Å². The van der Waals surface area contributed by atoms with Gasteiger partial charge in [0.2, 0.25) is 0 Å². The molecule has 1 atom stereocenters. The first-order chi connectivity index (χ1) is 8.80. The Balaban J connectivity index is 2.14. The number of nitrogens with two attached hydrogens (primary N) is 1. The van der Waals surface area contributed by atoms with E-state index in [0.717, 1.165) is 25.6 Å². The number of rotatable bonds is 9. The Hall–Kier alpha value is -0.380. The first-order valence-electron chi connectivity index (χ1n) is 7.39. The fourth-order valence-corrected chi connectivity index (χ4v) is 2.66. The van der Waals surface area contributed by atoms with E-state index in [1.807, 2.05) is 0 Å². The largest absolute Gasteiger partial charge is 0.380 e. The molecule has 0 amide bonds. The summed E-state index contributed by atoms with van der Waals surface area (Å²) in [6.45, 7) is 7.46. The second-order valence-electron chi connectivity index (χ2n) is 5.34. The van der Waals surface area contributed by atoms with Crippen molar-refractivity contribution in [3.05, 3.63) is 11.6 Å². The third-order valence-corrected chi connectivity index (χ3v) is 3.96. The first kappa shape index (κ1) is 15.7. The monoisotopic (exact) mass is 254 g/mol. The van der Waals surface area contributed by atoms with Crippen LogP contribution in [0.5, 0.6) is 0 Å². The van der Waals surface area contributed by atoms with Crippen molar-refractivity contribution in [2.24, 2.45) is 11.7 Å². The molecular weight excluding hydrogens is 224 g/mol. The summed E-state index contributed by atoms with van der Waals surface area (Å²) in [6.07, 6.45) is 8.62. The van der Waals surface area contributed by atoms with E-state index in [2.05, 4.69) is 17.9 Å². The van der Waals surface area contributed by atoms with Crippen LogP contribution in [0.25, 0.3) is 0 Å². The molecule has 1 heterocycles. The van der Waals surface area contributed by atoms with E-state index < -0.39 is 0 Å². The second kappa shape index (κ2) is 9.54. The molecule has 3 heteroatoms. The SMILES string of the molecule is CCC(CCN)CCCN1CC=C(COC)CC1. The molecule has 0 aromatic heterocycles. The maximum absolute atomic E-state index is 5.63. The zero-order valence-corrected chi connectivity index (χ0v) is 12.2. The van der Waals surface area contributed by atoms with E-state index in [1.165, 1.54) is 50.8 Å². The van der Waals surface area contributed by atoms with Gasteiger partial charge >= 0.3 is 0 Å². The Morgan fingerprint density at radius 3 is 2.83 bits per heavy atom. The number of hydrogen-bond donors (Lipinski definition) is 1. The molecule has 0 aromatic carbocycles. The van der Waals surface area contributed by atoms with Gasteiger partial charge in [0.1, 0.15) is 0 Å². The zero-order chi connectivity index (χ0) is 13.2. The summed E-state index contributed by atoms with van der Waals surface area (Å²) in [4.78, 5) is 2.55. The highest BCUT2D eigenvalue weighted by Crippen LogP contribution is 2.16. The van der Waals surface area contributed by atoms with Crippen molar-refractivity contribution in [3.63, 3.8) is 0 Å². The molecule has 0 fully saturated rings. The van der Waals surface area contributed by atoms with Crippen molar-refractivity contribution in [2.75, 3.05) is 39.9 Å². The third kappa shape index (κ3) is 5.98. The minimum Gasteiger partial charge on any atom is -0.380 e. The van der Waals surface area contributed by atoms with Gasteiger partial charge in [-0.15, -0.1) is 0 Å². The van der Waals surface area contributed by atoms with Crippen molar-refractivity contribution >= 4 is 0 Å². The number of methoxy groups -OCH3 is 1. The molecule has 2 N–H and O–H groups in total. The Kier molecular flexibility index (Phi) is 8.31. The van der Waals surface area contributed by atoms with Gasteiger partial charge in [-0.1, -0.05) is 19.4 Å². The molecule has 0 saturated carbocycles. The molecule has 0 aliphatic carbocycles. The number of hydrogen-bond acceptors (Lipinski definition) is 3. The lowest BCUT2D eigenvalue weighted by molar-refractivity contribution is 0.210. The van der Waals surface area contributed by atoms with Crippen molar-refractivity contribution < 1.29 is 4.74 Å². The highest BCUT2D eigenvalue weighted by molar-refractivity contribution is 5.07. The first-order valence-corrected chi connectivity index (χ1v) is 7.39. The van der Waals surface area contributed by atoms with Crippen LogP contribution in [0.1, 0.15) is 39.0 Å². The standard InChI is InChI=1S/C15H30N2O/c1-3-14(6-9-16)5-4-10-17-11-7-15(8-12-17)13-18-2/h7,14H,3-6,8-13,16H2,1-2H3. The lowest BCUT2D eigenvalue weighted by Crippen LogP contribution is -2.30. The van der Waals surface area contributed by atoms with E-state index in [1.54, 1.807) is 7.11 Å². The average Bonchev–Trinajstić information content (AvgIpc) is 2.40. The van der Waals surface area contributed by atoms with Crippen LogP contribution < -0.4 is 5.73 Å². The smallest absolute Gasteiger partial charge is 0.0673 e. The molecule has 3 nitrogen and oxygen atoms in total. The molecule has 106 valence electrons. The van der Waals surface area contributed by atoms with Crippen LogP contribution in [0.3, 0.4) is 0 Å². The average molecular weight is 254 g/mol. The van der Waals surface area contributed by atoms with Gasteiger partial charge in [0.25, 0.3) is 0 Å². The normalized spacial score (nSPS) is 18.7. The Morgan fingerprint density at radius 1 is 1.44 bits per heavy atom. The quantitative estimate of drug-likeness (QED) is 0.642. The summed E-state index contributed by atoms with van der Waals surface area (Å²) in [5, 5.41) is 0. The van der Waals surface area contributed by atoms with Crippen molar-refractivity contribution in [3.8, 4) is 0 Å². The van der Waals surface area contributed by atoms with Crippen LogP contribution in [0.2, 0.25) is 0 Å². The Morgan fingerprint density at radius 2 is 2.28 bits per heavy atom. The van der Waals surface area contributed by atoms with Gasteiger partial charge in [-0.3, -0.25) is 4.90 Å². The highest BCUT2D eigenvalue weighted by Gasteiger charge is 2.12. The van der Waals surface area contributed by atoms with E-state index in [-0.39, 0.29) is 0 Å². The minimum absolute atomic E-state index is 0.808. The maximum atomic E-state index is 5.63. The Labute approximate surface area is 112 Å². The van der Waals surface area contributed by atoms with Crippen molar-refractivity contribution in [2.45, 2.75) is 39.0 Å². The molecule has 0 bridgehead atoms. The van der Waals surface area contributed by atoms with E-state index in [0.29, 0.717) is 0 Å². The van der Waals surface area contributed by atoms with Crippen LogP contribution >= 0.6 is 0 Å². The van der Waals surface area contributed by atoms with E-state index >= 15 is 0 Å². The molecular formula is C15H30N2O.